The molecular weight excluding hydrogens is 606 g/mol. The normalized spacial score (nSPS) is 15.8. The van der Waals surface area contributed by atoms with Gasteiger partial charge in [-0.1, -0.05) is 60.7 Å². The summed E-state index contributed by atoms with van der Waals surface area (Å²) in [6, 6.07) is 22.2. The van der Waals surface area contributed by atoms with Gasteiger partial charge in [-0.25, -0.2) is 8.42 Å². The van der Waals surface area contributed by atoms with Gasteiger partial charge in [0.25, 0.3) is 11.8 Å². The van der Waals surface area contributed by atoms with Crippen LogP contribution in [-0.4, -0.2) is 94.1 Å². The molecule has 2 amide bonds. The van der Waals surface area contributed by atoms with E-state index in [1.807, 2.05) is 67.6 Å². The quantitative estimate of drug-likeness (QED) is 0.149. The van der Waals surface area contributed by atoms with Gasteiger partial charge in [-0.3, -0.25) is 19.2 Å². The fraction of sp³-hybridized carbons (Fsp3) is 0.412. The number of aliphatic hydroxyl groups is 1. The number of morpholine rings is 1. The zero-order chi connectivity index (χ0) is 32.9. The van der Waals surface area contributed by atoms with Gasteiger partial charge in [0.15, 0.2) is 0 Å². The van der Waals surface area contributed by atoms with E-state index in [4.69, 9.17) is 4.74 Å². The average molecular weight is 652 g/mol. The van der Waals surface area contributed by atoms with Crippen molar-refractivity contribution in [3.8, 4) is 0 Å². The second-order valence-electron chi connectivity index (χ2n) is 11.4. The van der Waals surface area contributed by atoms with Crippen molar-refractivity contribution in [3.63, 3.8) is 0 Å². The highest BCUT2D eigenvalue weighted by Gasteiger charge is 2.24. The van der Waals surface area contributed by atoms with Crippen LogP contribution in [0, 0.1) is 0 Å². The summed E-state index contributed by atoms with van der Waals surface area (Å²) >= 11 is 0. The second-order valence-corrected chi connectivity index (χ2v) is 13.4. The Morgan fingerprint density at radius 1 is 0.913 bits per heavy atom. The van der Waals surface area contributed by atoms with Crippen molar-refractivity contribution in [2.75, 3.05) is 56.4 Å². The third-order valence-electron chi connectivity index (χ3n) is 7.90. The van der Waals surface area contributed by atoms with E-state index in [-0.39, 0.29) is 35.2 Å². The molecule has 3 aromatic rings. The number of hydrogen-bond acceptors (Lipinski definition) is 8. The van der Waals surface area contributed by atoms with E-state index < -0.39 is 34.0 Å². The highest BCUT2D eigenvalue weighted by Crippen LogP contribution is 2.20. The van der Waals surface area contributed by atoms with Gasteiger partial charge in [0.05, 0.1) is 42.8 Å². The molecule has 4 rings (SSSR count). The number of hydrogen-bond donors (Lipinski definition) is 5. The molecule has 248 valence electrons. The van der Waals surface area contributed by atoms with Crippen LogP contribution in [0.1, 0.15) is 51.7 Å². The lowest BCUT2D eigenvalue weighted by Gasteiger charge is -2.28. The van der Waals surface area contributed by atoms with Crippen molar-refractivity contribution in [2.24, 2.45) is 0 Å². The van der Waals surface area contributed by atoms with Crippen molar-refractivity contribution in [1.82, 2.24) is 20.9 Å². The minimum atomic E-state index is -3.69. The summed E-state index contributed by atoms with van der Waals surface area (Å²) in [6.45, 7) is 8.25. The van der Waals surface area contributed by atoms with Crippen LogP contribution in [0.4, 0.5) is 5.69 Å². The first-order valence-corrected chi connectivity index (χ1v) is 17.3. The molecule has 12 heteroatoms. The van der Waals surface area contributed by atoms with Crippen LogP contribution in [0.2, 0.25) is 0 Å². The summed E-state index contributed by atoms with van der Waals surface area (Å²) in [7, 11) is -3.69. The van der Waals surface area contributed by atoms with E-state index in [0.29, 0.717) is 26.2 Å². The molecule has 5 N–H and O–H groups in total. The number of aliphatic hydroxyl groups excluding tert-OH is 1. The molecule has 3 atom stereocenters. The number of anilines is 1. The summed E-state index contributed by atoms with van der Waals surface area (Å²) in [4.78, 5) is 29.4. The average Bonchev–Trinajstić information content (AvgIpc) is 3.07. The van der Waals surface area contributed by atoms with Crippen molar-refractivity contribution in [3.05, 3.63) is 101 Å². The number of nitrogens with one attached hydrogen (secondary N) is 4. The highest BCUT2D eigenvalue weighted by atomic mass is 32.2. The Kier molecular flexibility index (Phi) is 13.1. The molecule has 3 aromatic carbocycles. The van der Waals surface area contributed by atoms with Gasteiger partial charge < -0.3 is 25.8 Å². The molecule has 0 radical (unpaired) electrons. The predicted molar refractivity (Wildman–Crippen MR) is 179 cm³/mol. The standard InChI is InChI=1S/C34H45N5O6S/c1-3-46(43,44)38-30-22-28(33(41)36-25(2)27-12-8-5-9-13-27)21-29(23-30)34(42)37-31(20-26-10-6-4-7-11-26)32(40)24-35-14-15-39-16-18-45-19-17-39/h4-13,21-23,25,31-32,35,38,40H,3,14-20,24H2,1-2H3,(H,36,41)(H,37,42)/t25-,31+,32-/m1/s1. The van der Waals surface area contributed by atoms with E-state index in [2.05, 4.69) is 25.6 Å². The van der Waals surface area contributed by atoms with Crippen LogP contribution in [0.25, 0.3) is 0 Å². The zero-order valence-corrected chi connectivity index (χ0v) is 27.3. The van der Waals surface area contributed by atoms with Crippen LogP contribution < -0.4 is 20.7 Å². The number of benzene rings is 3. The molecular formula is C34H45N5O6S. The number of nitrogens with zero attached hydrogens (tertiary/aromatic N) is 1. The Hall–Kier alpha value is -3.81. The maximum Gasteiger partial charge on any atom is 0.251 e. The van der Waals surface area contributed by atoms with Crippen molar-refractivity contribution in [2.45, 2.75) is 38.5 Å². The highest BCUT2D eigenvalue weighted by molar-refractivity contribution is 7.92. The first-order valence-electron chi connectivity index (χ1n) is 15.7. The Morgan fingerprint density at radius 2 is 1.52 bits per heavy atom. The van der Waals surface area contributed by atoms with E-state index in [1.165, 1.54) is 25.1 Å². The molecule has 1 heterocycles. The fourth-order valence-electron chi connectivity index (χ4n) is 5.16. The van der Waals surface area contributed by atoms with E-state index in [9.17, 15) is 23.1 Å². The zero-order valence-electron chi connectivity index (χ0n) is 26.4. The fourth-order valence-corrected chi connectivity index (χ4v) is 5.78. The Morgan fingerprint density at radius 3 is 2.15 bits per heavy atom. The van der Waals surface area contributed by atoms with Gasteiger partial charge in [0.2, 0.25) is 10.0 Å². The molecule has 0 spiro atoms. The number of carbonyl (C=O) groups is 2. The molecule has 1 aliphatic heterocycles. The lowest BCUT2D eigenvalue weighted by atomic mass is 10.00. The number of sulfonamides is 1. The number of rotatable bonds is 16. The maximum atomic E-state index is 13.7. The summed E-state index contributed by atoms with van der Waals surface area (Å²) in [6.07, 6.45) is -0.562. The van der Waals surface area contributed by atoms with E-state index in [1.54, 1.807) is 0 Å². The number of ether oxygens (including phenoxy) is 1. The Bertz CT molecular complexity index is 1520. The largest absolute Gasteiger partial charge is 0.390 e. The predicted octanol–water partition coefficient (Wildman–Crippen LogP) is 2.56. The summed E-state index contributed by atoms with van der Waals surface area (Å²) < 4.78 is 32.7. The first-order chi connectivity index (χ1) is 22.1. The van der Waals surface area contributed by atoms with Crippen molar-refractivity contribution >= 4 is 27.5 Å². The second kappa shape index (κ2) is 17.2. The Labute approximate surface area is 271 Å². The summed E-state index contributed by atoms with van der Waals surface area (Å²) in [5.41, 5.74) is 2.12. The molecule has 1 saturated heterocycles. The molecule has 0 aromatic heterocycles. The van der Waals surface area contributed by atoms with Gasteiger partial charge in [0.1, 0.15) is 0 Å². The topological polar surface area (TPSA) is 149 Å². The van der Waals surface area contributed by atoms with Gasteiger partial charge in [-0.15, -0.1) is 0 Å². The lowest BCUT2D eigenvalue weighted by molar-refractivity contribution is 0.0377. The van der Waals surface area contributed by atoms with Crippen LogP contribution in [-0.2, 0) is 21.2 Å². The minimum Gasteiger partial charge on any atom is -0.390 e. The minimum absolute atomic E-state index is 0.0827. The lowest BCUT2D eigenvalue weighted by Crippen LogP contribution is -2.49. The van der Waals surface area contributed by atoms with E-state index >= 15 is 0 Å². The molecule has 0 unspecified atom stereocenters. The Balaban J connectivity index is 1.52. The molecule has 46 heavy (non-hydrogen) atoms. The number of carbonyl (C=O) groups excluding carboxylic acids is 2. The first kappa shape index (κ1) is 35.1. The monoisotopic (exact) mass is 651 g/mol. The SMILES string of the molecule is CCS(=O)(=O)Nc1cc(C(=O)N[C@@H](Cc2ccccc2)[C@H](O)CNCCN2CCOCC2)cc(C(=O)N[C@H](C)c2ccccc2)c1. The molecule has 1 fully saturated rings. The van der Waals surface area contributed by atoms with Crippen LogP contribution in [0.15, 0.2) is 78.9 Å². The van der Waals surface area contributed by atoms with Gasteiger partial charge in [0, 0.05) is 43.9 Å². The van der Waals surface area contributed by atoms with Crippen LogP contribution in [0.5, 0.6) is 0 Å². The third-order valence-corrected chi connectivity index (χ3v) is 9.21. The molecule has 0 saturated carbocycles. The smallest absolute Gasteiger partial charge is 0.251 e. The maximum absolute atomic E-state index is 13.7. The molecule has 0 aliphatic carbocycles. The van der Waals surface area contributed by atoms with Crippen molar-refractivity contribution < 1.29 is 27.9 Å². The summed E-state index contributed by atoms with van der Waals surface area (Å²) in [5, 5.41) is 20.4. The third kappa shape index (κ3) is 10.9. The summed E-state index contributed by atoms with van der Waals surface area (Å²) in [5.74, 6) is -1.19. The molecule has 0 bridgehead atoms. The number of amides is 2. The van der Waals surface area contributed by atoms with Crippen LogP contribution in [0.3, 0.4) is 0 Å². The van der Waals surface area contributed by atoms with Gasteiger partial charge in [-0.2, -0.15) is 0 Å². The molecule has 1 aliphatic rings. The van der Waals surface area contributed by atoms with E-state index in [0.717, 1.165) is 30.8 Å². The van der Waals surface area contributed by atoms with Crippen molar-refractivity contribution in [1.29, 1.82) is 0 Å². The van der Waals surface area contributed by atoms with Gasteiger partial charge in [-0.05, 0) is 49.6 Å². The molecule has 11 nitrogen and oxygen atoms in total. The van der Waals surface area contributed by atoms with Gasteiger partial charge >= 0.3 is 0 Å². The van der Waals surface area contributed by atoms with Crippen LogP contribution >= 0.6 is 0 Å².